The highest BCUT2D eigenvalue weighted by atomic mass is 19.4. The fourth-order valence-electron chi connectivity index (χ4n) is 5.42. The van der Waals surface area contributed by atoms with E-state index in [1.165, 1.54) is 6.20 Å². The van der Waals surface area contributed by atoms with Crippen molar-refractivity contribution in [2.75, 3.05) is 31.1 Å². The molecule has 2 saturated heterocycles. The van der Waals surface area contributed by atoms with Gasteiger partial charge in [0.05, 0.1) is 23.2 Å². The normalized spacial score (nSPS) is 24.2. The molecule has 2 aliphatic rings. The molecule has 2 aromatic rings. The molecule has 0 bridgehead atoms. The SMILES string of the molecule is C[C@H]1C[C@@H](CC(=O)[C@H](C)N2CCC(O)CC2)CN(c2ccc(C(F)(F)F)c3ncccc23)C1. The van der Waals surface area contributed by atoms with Crippen LogP contribution in [0.1, 0.15) is 45.1 Å². The molecular formula is C25H32F3N3O2. The Kier molecular flexibility index (Phi) is 6.96. The smallest absolute Gasteiger partial charge is 0.393 e. The number of piperidine rings is 2. The van der Waals surface area contributed by atoms with E-state index < -0.39 is 11.7 Å². The number of hydrogen-bond acceptors (Lipinski definition) is 5. The topological polar surface area (TPSA) is 56.7 Å². The van der Waals surface area contributed by atoms with Gasteiger partial charge in [-0.2, -0.15) is 13.2 Å². The maximum atomic E-state index is 13.5. The number of halogens is 3. The van der Waals surface area contributed by atoms with Gasteiger partial charge in [0.2, 0.25) is 0 Å². The van der Waals surface area contributed by atoms with E-state index in [9.17, 15) is 23.1 Å². The van der Waals surface area contributed by atoms with Crippen molar-refractivity contribution in [2.45, 2.75) is 57.9 Å². The number of Topliss-reactive ketones (excluding diaryl/α,β-unsaturated/α-hetero) is 1. The summed E-state index contributed by atoms with van der Waals surface area (Å²) in [6.07, 6.45) is -0.577. The minimum absolute atomic E-state index is 0.0331. The number of ketones is 1. The molecule has 8 heteroatoms. The first-order valence-electron chi connectivity index (χ1n) is 11.8. The number of aliphatic hydroxyl groups is 1. The van der Waals surface area contributed by atoms with Crippen molar-refractivity contribution in [3.8, 4) is 0 Å². The third-order valence-electron chi connectivity index (χ3n) is 7.14. The number of nitrogens with zero attached hydrogens (tertiary/aromatic N) is 3. The molecule has 3 heterocycles. The number of aliphatic hydroxyl groups excluding tert-OH is 1. The first-order chi connectivity index (χ1) is 15.6. The highest BCUT2D eigenvalue weighted by Gasteiger charge is 2.35. The van der Waals surface area contributed by atoms with E-state index in [1.54, 1.807) is 18.2 Å². The van der Waals surface area contributed by atoms with Crippen molar-refractivity contribution >= 4 is 22.4 Å². The molecule has 0 aliphatic carbocycles. The number of hydrogen-bond donors (Lipinski definition) is 1. The van der Waals surface area contributed by atoms with Crippen molar-refractivity contribution in [3.63, 3.8) is 0 Å². The fourth-order valence-corrected chi connectivity index (χ4v) is 5.42. The van der Waals surface area contributed by atoms with E-state index in [-0.39, 0.29) is 29.4 Å². The van der Waals surface area contributed by atoms with E-state index in [0.717, 1.165) is 37.8 Å². The van der Waals surface area contributed by atoms with Gasteiger partial charge in [-0.3, -0.25) is 14.7 Å². The molecule has 4 rings (SSSR count). The molecule has 0 unspecified atom stereocenters. The Morgan fingerprint density at radius 1 is 1.21 bits per heavy atom. The summed E-state index contributed by atoms with van der Waals surface area (Å²) in [6, 6.07) is 5.85. The summed E-state index contributed by atoms with van der Waals surface area (Å²) in [5.41, 5.74) is -0.0125. The van der Waals surface area contributed by atoms with E-state index in [1.807, 2.05) is 6.92 Å². The molecule has 5 nitrogen and oxygen atoms in total. The summed E-state index contributed by atoms with van der Waals surface area (Å²) in [7, 11) is 0. The second kappa shape index (κ2) is 9.58. The van der Waals surface area contributed by atoms with Crippen LogP contribution in [-0.2, 0) is 11.0 Å². The van der Waals surface area contributed by atoms with Gasteiger partial charge >= 0.3 is 6.18 Å². The number of anilines is 1. The first kappa shape index (κ1) is 24.0. The molecule has 2 aliphatic heterocycles. The first-order valence-corrected chi connectivity index (χ1v) is 11.8. The zero-order valence-electron chi connectivity index (χ0n) is 19.2. The van der Waals surface area contributed by atoms with Gasteiger partial charge in [0.25, 0.3) is 0 Å². The van der Waals surface area contributed by atoms with Gasteiger partial charge in [-0.15, -0.1) is 0 Å². The lowest BCUT2D eigenvalue weighted by molar-refractivity contribution is -0.136. The van der Waals surface area contributed by atoms with Gasteiger partial charge in [0.15, 0.2) is 0 Å². The fraction of sp³-hybridized carbons (Fsp3) is 0.600. The summed E-state index contributed by atoms with van der Waals surface area (Å²) in [4.78, 5) is 21.4. The molecule has 3 atom stereocenters. The third kappa shape index (κ3) is 5.32. The highest BCUT2D eigenvalue weighted by molar-refractivity contribution is 5.94. The zero-order chi connectivity index (χ0) is 23.8. The Balaban J connectivity index is 1.51. The minimum atomic E-state index is -4.46. The Labute approximate surface area is 192 Å². The van der Waals surface area contributed by atoms with Crippen molar-refractivity contribution in [3.05, 3.63) is 36.0 Å². The maximum Gasteiger partial charge on any atom is 0.418 e. The van der Waals surface area contributed by atoms with Crippen molar-refractivity contribution in [1.29, 1.82) is 0 Å². The number of rotatable bonds is 5. The van der Waals surface area contributed by atoms with Crippen LogP contribution in [0, 0.1) is 11.8 Å². The molecule has 0 spiro atoms. The quantitative estimate of drug-likeness (QED) is 0.707. The average Bonchev–Trinajstić information content (AvgIpc) is 2.77. The number of carbonyl (C=O) groups excluding carboxylic acids is 1. The highest BCUT2D eigenvalue weighted by Crippen LogP contribution is 2.39. The van der Waals surface area contributed by atoms with Gasteiger partial charge < -0.3 is 10.0 Å². The van der Waals surface area contributed by atoms with Crippen LogP contribution >= 0.6 is 0 Å². The number of aromatic nitrogens is 1. The van der Waals surface area contributed by atoms with Crippen LogP contribution in [0.2, 0.25) is 0 Å². The lowest BCUT2D eigenvalue weighted by Crippen LogP contribution is -2.46. The Morgan fingerprint density at radius 2 is 1.94 bits per heavy atom. The maximum absolute atomic E-state index is 13.5. The van der Waals surface area contributed by atoms with E-state index in [4.69, 9.17) is 0 Å². The lowest BCUT2D eigenvalue weighted by atomic mass is 9.85. The number of likely N-dealkylation sites (tertiary alicyclic amines) is 1. The van der Waals surface area contributed by atoms with Crippen LogP contribution in [0.3, 0.4) is 0 Å². The molecule has 33 heavy (non-hydrogen) atoms. The Morgan fingerprint density at radius 3 is 2.64 bits per heavy atom. The number of fused-ring (bicyclic) bond motifs is 1. The molecule has 1 N–H and O–H groups in total. The molecule has 1 aromatic heterocycles. The zero-order valence-corrected chi connectivity index (χ0v) is 19.2. The second-order valence-electron chi connectivity index (χ2n) is 9.76. The molecule has 1 aromatic carbocycles. The van der Waals surface area contributed by atoms with Crippen molar-refractivity contribution < 1.29 is 23.1 Å². The van der Waals surface area contributed by atoms with Crippen LogP contribution < -0.4 is 4.90 Å². The average molecular weight is 464 g/mol. The summed E-state index contributed by atoms with van der Waals surface area (Å²) < 4.78 is 40.5. The van der Waals surface area contributed by atoms with Crippen LogP contribution in [0.15, 0.2) is 30.5 Å². The van der Waals surface area contributed by atoms with E-state index >= 15 is 0 Å². The summed E-state index contributed by atoms with van der Waals surface area (Å²) in [6.45, 7) is 6.90. The number of benzene rings is 1. The van der Waals surface area contributed by atoms with E-state index in [0.29, 0.717) is 37.1 Å². The predicted octanol–water partition coefficient (Wildman–Crippen LogP) is 4.52. The molecule has 0 saturated carbocycles. The van der Waals surface area contributed by atoms with Gasteiger partial charge in [0, 0.05) is 49.9 Å². The minimum Gasteiger partial charge on any atom is -0.393 e. The van der Waals surface area contributed by atoms with Crippen LogP contribution in [0.25, 0.3) is 10.9 Å². The van der Waals surface area contributed by atoms with Crippen LogP contribution in [0.4, 0.5) is 18.9 Å². The Hall–Kier alpha value is -2.19. The second-order valence-corrected chi connectivity index (χ2v) is 9.76. The van der Waals surface area contributed by atoms with Crippen molar-refractivity contribution in [2.24, 2.45) is 11.8 Å². The molecular weight excluding hydrogens is 431 g/mol. The largest absolute Gasteiger partial charge is 0.418 e. The van der Waals surface area contributed by atoms with Crippen LogP contribution in [0.5, 0.6) is 0 Å². The number of pyridine rings is 1. The predicted molar refractivity (Wildman–Crippen MR) is 122 cm³/mol. The molecule has 180 valence electrons. The number of alkyl halides is 3. The molecule has 0 amide bonds. The van der Waals surface area contributed by atoms with E-state index in [2.05, 4.69) is 21.7 Å². The summed E-state index contributed by atoms with van der Waals surface area (Å²) >= 11 is 0. The third-order valence-corrected chi connectivity index (χ3v) is 7.14. The summed E-state index contributed by atoms with van der Waals surface area (Å²) in [5, 5.41) is 10.2. The van der Waals surface area contributed by atoms with Crippen LogP contribution in [-0.4, -0.2) is 59.1 Å². The van der Waals surface area contributed by atoms with Gasteiger partial charge in [-0.25, -0.2) is 0 Å². The molecule has 0 radical (unpaired) electrons. The number of carbonyl (C=O) groups is 1. The Bertz CT molecular complexity index is 989. The monoisotopic (exact) mass is 463 g/mol. The molecule has 2 fully saturated rings. The van der Waals surface area contributed by atoms with Gasteiger partial charge in [-0.05, 0) is 62.3 Å². The van der Waals surface area contributed by atoms with Gasteiger partial charge in [-0.1, -0.05) is 6.92 Å². The van der Waals surface area contributed by atoms with Gasteiger partial charge in [0.1, 0.15) is 5.78 Å². The summed E-state index contributed by atoms with van der Waals surface area (Å²) in [5.74, 6) is 0.670. The van der Waals surface area contributed by atoms with Crippen molar-refractivity contribution in [1.82, 2.24) is 9.88 Å². The lowest BCUT2D eigenvalue weighted by Gasteiger charge is -2.39. The standard InChI is InChI=1S/C25H32F3N3O2/c1-16-12-18(13-23(33)17(2)30-10-7-19(32)8-11-30)15-31(14-16)22-6-5-21(25(26,27)28)24-20(22)4-3-9-29-24/h3-6,9,16-19,32H,7-8,10-15H2,1-2H3/t16-,17-,18-/m0/s1.